The van der Waals surface area contributed by atoms with Gasteiger partial charge in [-0.1, -0.05) is 13.3 Å². The fourth-order valence-electron chi connectivity index (χ4n) is 1.53. The van der Waals surface area contributed by atoms with Crippen molar-refractivity contribution in [3.8, 4) is 0 Å². The number of amides is 1. The highest BCUT2D eigenvalue weighted by Crippen LogP contribution is 2.06. The SMILES string of the molecule is CCCCS(=O)(=O)N[C@@H](CNC(=O)OC(C)(C)C)C(=O)OCC. The van der Waals surface area contributed by atoms with Crippen molar-refractivity contribution in [2.45, 2.75) is 59.1 Å². The summed E-state index contributed by atoms with van der Waals surface area (Å²) in [4.78, 5) is 23.5. The van der Waals surface area contributed by atoms with E-state index in [0.29, 0.717) is 12.8 Å². The van der Waals surface area contributed by atoms with Crippen LogP contribution in [0.4, 0.5) is 4.79 Å². The van der Waals surface area contributed by atoms with Crippen LogP contribution in [0, 0.1) is 0 Å². The number of ether oxygens (including phenoxy) is 2. The van der Waals surface area contributed by atoms with Crippen LogP contribution in [0.25, 0.3) is 0 Å². The largest absolute Gasteiger partial charge is 0.465 e. The molecule has 0 unspecified atom stereocenters. The van der Waals surface area contributed by atoms with Gasteiger partial charge in [-0.05, 0) is 34.1 Å². The third-order valence-electron chi connectivity index (χ3n) is 2.51. The Kier molecular flexibility index (Phi) is 9.14. The van der Waals surface area contributed by atoms with Crippen molar-refractivity contribution in [1.29, 1.82) is 0 Å². The molecule has 0 aromatic rings. The number of alkyl carbamates (subject to hydrolysis) is 1. The molecule has 1 atom stereocenters. The number of hydrogen-bond donors (Lipinski definition) is 2. The lowest BCUT2D eigenvalue weighted by atomic mass is 10.2. The van der Waals surface area contributed by atoms with Crippen molar-refractivity contribution < 1.29 is 27.5 Å². The predicted molar refractivity (Wildman–Crippen MR) is 86.5 cm³/mol. The second-order valence-corrected chi connectivity index (χ2v) is 7.85. The Morgan fingerprint density at radius 3 is 2.26 bits per heavy atom. The molecule has 0 heterocycles. The van der Waals surface area contributed by atoms with Gasteiger partial charge >= 0.3 is 12.1 Å². The van der Waals surface area contributed by atoms with Gasteiger partial charge in [-0.15, -0.1) is 0 Å². The van der Waals surface area contributed by atoms with Crippen LogP contribution in [0.5, 0.6) is 0 Å². The van der Waals surface area contributed by atoms with Crippen LogP contribution >= 0.6 is 0 Å². The minimum atomic E-state index is -3.63. The molecule has 136 valence electrons. The number of sulfonamides is 1. The van der Waals surface area contributed by atoms with E-state index in [-0.39, 0.29) is 18.9 Å². The standard InChI is InChI=1S/C14H28N2O6S/c1-6-8-9-23(19,20)16-11(12(17)21-7-2)10-15-13(18)22-14(3,4)5/h11,16H,6-10H2,1-5H3,(H,15,18)/t11-/m0/s1. The van der Waals surface area contributed by atoms with E-state index in [1.807, 2.05) is 6.92 Å². The maximum Gasteiger partial charge on any atom is 0.407 e. The van der Waals surface area contributed by atoms with Gasteiger partial charge in [0.15, 0.2) is 0 Å². The van der Waals surface area contributed by atoms with Gasteiger partial charge in [-0.2, -0.15) is 4.72 Å². The first-order chi connectivity index (χ1) is 10.5. The topological polar surface area (TPSA) is 111 Å². The Labute approximate surface area is 138 Å². The Morgan fingerprint density at radius 1 is 1.17 bits per heavy atom. The van der Waals surface area contributed by atoms with E-state index in [1.54, 1.807) is 27.7 Å². The summed E-state index contributed by atoms with van der Waals surface area (Å²) < 4.78 is 36.0. The summed E-state index contributed by atoms with van der Waals surface area (Å²) in [6.45, 7) is 8.43. The fraction of sp³-hybridized carbons (Fsp3) is 0.857. The van der Waals surface area contributed by atoms with Crippen LogP contribution in [0.2, 0.25) is 0 Å². The number of esters is 1. The molecule has 0 saturated heterocycles. The van der Waals surface area contributed by atoms with Crippen LogP contribution < -0.4 is 10.0 Å². The predicted octanol–water partition coefficient (Wildman–Crippen LogP) is 1.16. The Hall–Kier alpha value is -1.35. The van der Waals surface area contributed by atoms with Gasteiger partial charge in [0.2, 0.25) is 10.0 Å². The number of unbranched alkanes of at least 4 members (excludes halogenated alkanes) is 1. The Bertz CT molecular complexity index is 484. The van der Waals surface area contributed by atoms with Gasteiger partial charge < -0.3 is 14.8 Å². The Morgan fingerprint density at radius 2 is 1.78 bits per heavy atom. The van der Waals surface area contributed by atoms with Gasteiger partial charge in [0, 0.05) is 6.54 Å². The second kappa shape index (κ2) is 9.71. The van der Waals surface area contributed by atoms with Crippen molar-refractivity contribution in [3.63, 3.8) is 0 Å². The van der Waals surface area contributed by atoms with Crippen molar-refractivity contribution in [2.24, 2.45) is 0 Å². The zero-order chi connectivity index (χ0) is 18.1. The lowest BCUT2D eigenvalue weighted by Gasteiger charge is -2.22. The fourth-order valence-corrected chi connectivity index (χ4v) is 2.93. The first-order valence-electron chi connectivity index (χ1n) is 7.64. The van der Waals surface area contributed by atoms with Gasteiger partial charge in [0.25, 0.3) is 0 Å². The van der Waals surface area contributed by atoms with Crippen molar-refractivity contribution in [1.82, 2.24) is 10.0 Å². The zero-order valence-electron chi connectivity index (χ0n) is 14.5. The molecule has 0 rings (SSSR count). The highest BCUT2D eigenvalue weighted by molar-refractivity contribution is 7.89. The third kappa shape index (κ3) is 10.9. The van der Waals surface area contributed by atoms with E-state index in [2.05, 4.69) is 10.0 Å². The summed E-state index contributed by atoms with van der Waals surface area (Å²) in [6.07, 6.45) is 0.450. The van der Waals surface area contributed by atoms with Crippen molar-refractivity contribution in [3.05, 3.63) is 0 Å². The van der Waals surface area contributed by atoms with Gasteiger partial charge in [-0.3, -0.25) is 4.79 Å². The van der Waals surface area contributed by atoms with E-state index in [0.717, 1.165) is 0 Å². The highest BCUT2D eigenvalue weighted by Gasteiger charge is 2.26. The molecule has 0 aromatic carbocycles. The molecule has 23 heavy (non-hydrogen) atoms. The van der Waals surface area contributed by atoms with Gasteiger partial charge in [0.05, 0.1) is 12.4 Å². The number of nitrogens with one attached hydrogen (secondary N) is 2. The summed E-state index contributed by atoms with van der Waals surface area (Å²) in [6, 6.07) is -1.19. The summed E-state index contributed by atoms with van der Waals surface area (Å²) in [5.41, 5.74) is -0.690. The van der Waals surface area contributed by atoms with Crippen LogP contribution in [0.3, 0.4) is 0 Å². The molecule has 0 radical (unpaired) electrons. The van der Waals surface area contributed by atoms with Crippen LogP contribution in [0.1, 0.15) is 47.5 Å². The quantitative estimate of drug-likeness (QED) is 0.603. The molecule has 1 amide bonds. The van der Waals surface area contributed by atoms with E-state index >= 15 is 0 Å². The molecule has 0 aliphatic rings. The maximum atomic E-state index is 11.9. The van der Waals surface area contributed by atoms with E-state index < -0.39 is 33.7 Å². The molecule has 0 fully saturated rings. The minimum Gasteiger partial charge on any atom is -0.465 e. The molecule has 8 nitrogen and oxygen atoms in total. The summed E-state index contributed by atoms with van der Waals surface area (Å²) in [5.74, 6) is -0.838. The molecule has 0 bridgehead atoms. The lowest BCUT2D eigenvalue weighted by molar-refractivity contribution is -0.144. The van der Waals surface area contributed by atoms with Crippen LogP contribution in [-0.2, 0) is 24.3 Å². The van der Waals surface area contributed by atoms with Gasteiger partial charge in [0.1, 0.15) is 11.6 Å². The molecule has 2 N–H and O–H groups in total. The number of rotatable bonds is 9. The molecule has 0 aliphatic carbocycles. The zero-order valence-corrected chi connectivity index (χ0v) is 15.3. The molecule has 0 aliphatic heterocycles. The van der Waals surface area contributed by atoms with Crippen molar-refractivity contribution in [2.75, 3.05) is 18.9 Å². The number of hydrogen-bond acceptors (Lipinski definition) is 6. The molecule has 0 aromatic heterocycles. The average Bonchev–Trinajstić information content (AvgIpc) is 2.39. The summed E-state index contributed by atoms with van der Waals surface area (Å²) >= 11 is 0. The van der Waals surface area contributed by atoms with Crippen molar-refractivity contribution >= 4 is 22.1 Å². The molecule has 0 spiro atoms. The first kappa shape index (κ1) is 21.6. The third-order valence-corrected chi connectivity index (χ3v) is 3.98. The highest BCUT2D eigenvalue weighted by atomic mass is 32.2. The van der Waals surface area contributed by atoms with Crippen LogP contribution in [-0.4, -0.2) is 51.0 Å². The van der Waals surface area contributed by atoms with Crippen LogP contribution in [0.15, 0.2) is 0 Å². The summed E-state index contributed by atoms with van der Waals surface area (Å²) in [5, 5.41) is 2.37. The van der Waals surface area contributed by atoms with E-state index in [1.165, 1.54) is 0 Å². The molecular weight excluding hydrogens is 324 g/mol. The van der Waals surface area contributed by atoms with Gasteiger partial charge in [-0.25, -0.2) is 13.2 Å². The average molecular weight is 352 g/mol. The number of carbonyl (C=O) groups is 2. The normalized spacial score (nSPS) is 13.3. The number of carbonyl (C=O) groups excluding carboxylic acids is 2. The second-order valence-electron chi connectivity index (χ2n) is 5.98. The lowest BCUT2D eigenvalue weighted by Crippen LogP contribution is -2.50. The van der Waals surface area contributed by atoms with E-state index in [4.69, 9.17) is 9.47 Å². The minimum absolute atomic E-state index is 0.0914. The summed E-state index contributed by atoms with van der Waals surface area (Å²) in [7, 11) is -3.63. The first-order valence-corrected chi connectivity index (χ1v) is 9.29. The smallest absolute Gasteiger partial charge is 0.407 e. The van der Waals surface area contributed by atoms with E-state index in [9.17, 15) is 18.0 Å². The monoisotopic (exact) mass is 352 g/mol. The molecule has 9 heteroatoms. The Balaban J connectivity index is 4.76. The molecule has 0 saturated carbocycles. The maximum absolute atomic E-state index is 11.9. The molecular formula is C14H28N2O6S.